The number of carboxylic acids is 1. The van der Waals surface area contributed by atoms with Gasteiger partial charge in [-0.1, -0.05) is 11.6 Å². The zero-order valence-electron chi connectivity index (χ0n) is 11.6. The standard InChI is InChI=1S/C14H17ClN2O4/c1-21-8-9-6-14(7-9,12(18)19)17-13(20)16-11-4-2-10(15)3-5-11/h2-5,9H,6-8H2,1H3,(H,18,19)(H2,16,17,20). The van der Waals surface area contributed by atoms with E-state index in [9.17, 15) is 14.7 Å². The van der Waals surface area contributed by atoms with Gasteiger partial charge in [0, 0.05) is 24.4 Å². The highest BCUT2D eigenvalue weighted by Gasteiger charge is 2.51. The Morgan fingerprint density at radius 2 is 2.00 bits per heavy atom. The van der Waals surface area contributed by atoms with Crippen LogP contribution in [0, 0.1) is 5.92 Å². The molecule has 1 aromatic rings. The Morgan fingerprint density at radius 1 is 1.38 bits per heavy atom. The van der Waals surface area contributed by atoms with E-state index >= 15 is 0 Å². The summed E-state index contributed by atoms with van der Waals surface area (Å²) in [7, 11) is 1.57. The third kappa shape index (κ3) is 3.65. The number of anilines is 1. The molecule has 0 bridgehead atoms. The first kappa shape index (κ1) is 15.6. The number of methoxy groups -OCH3 is 1. The van der Waals surface area contributed by atoms with Crippen LogP contribution in [0.2, 0.25) is 5.02 Å². The SMILES string of the molecule is COCC1CC(NC(=O)Nc2ccc(Cl)cc2)(C(=O)O)C1. The van der Waals surface area contributed by atoms with Crippen molar-refractivity contribution >= 4 is 29.3 Å². The number of nitrogens with one attached hydrogen (secondary N) is 2. The summed E-state index contributed by atoms with van der Waals surface area (Å²) in [5.41, 5.74) is -0.662. The number of hydrogen-bond donors (Lipinski definition) is 3. The lowest BCUT2D eigenvalue weighted by Gasteiger charge is -2.44. The largest absolute Gasteiger partial charge is 0.480 e. The van der Waals surface area contributed by atoms with Gasteiger partial charge in [0.1, 0.15) is 5.54 Å². The third-order valence-corrected chi connectivity index (χ3v) is 3.79. The van der Waals surface area contributed by atoms with Crippen LogP contribution in [-0.2, 0) is 9.53 Å². The monoisotopic (exact) mass is 312 g/mol. The fourth-order valence-corrected chi connectivity index (χ4v) is 2.65. The molecule has 3 N–H and O–H groups in total. The van der Waals surface area contributed by atoms with Gasteiger partial charge >= 0.3 is 12.0 Å². The molecule has 0 aromatic heterocycles. The maximum atomic E-state index is 11.9. The van der Waals surface area contributed by atoms with Crippen molar-refractivity contribution in [1.82, 2.24) is 5.32 Å². The van der Waals surface area contributed by atoms with Gasteiger partial charge in [0.2, 0.25) is 0 Å². The smallest absolute Gasteiger partial charge is 0.329 e. The molecule has 1 aliphatic rings. The Bertz CT molecular complexity index is 526. The van der Waals surface area contributed by atoms with Crippen molar-refractivity contribution in [2.45, 2.75) is 18.4 Å². The van der Waals surface area contributed by atoms with Crippen molar-refractivity contribution in [2.75, 3.05) is 19.0 Å². The van der Waals surface area contributed by atoms with Gasteiger partial charge in [-0.05, 0) is 43.0 Å². The number of halogens is 1. The van der Waals surface area contributed by atoms with Crippen molar-refractivity contribution in [2.24, 2.45) is 5.92 Å². The first-order valence-electron chi connectivity index (χ1n) is 6.52. The van der Waals surface area contributed by atoms with Crippen molar-refractivity contribution in [3.63, 3.8) is 0 Å². The Labute approximate surface area is 127 Å². The quantitative estimate of drug-likeness (QED) is 0.778. The average Bonchev–Trinajstić information content (AvgIpc) is 2.38. The highest BCUT2D eigenvalue weighted by Crippen LogP contribution is 2.38. The second kappa shape index (κ2) is 6.32. The Morgan fingerprint density at radius 3 is 2.52 bits per heavy atom. The van der Waals surface area contributed by atoms with Gasteiger partial charge < -0.3 is 20.5 Å². The molecule has 1 fully saturated rings. The van der Waals surface area contributed by atoms with Gasteiger partial charge in [0.05, 0.1) is 0 Å². The fraction of sp³-hybridized carbons (Fsp3) is 0.429. The minimum Gasteiger partial charge on any atom is -0.480 e. The highest BCUT2D eigenvalue weighted by atomic mass is 35.5. The van der Waals surface area contributed by atoms with E-state index in [4.69, 9.17) is 16.3 Å². The van der Waals surface area contributed by atoms with Crippen molar-refractivity contribution in [3.05, 3.63) is 29.3 Å². The molecule has 2 amide bonds. The number of hydrogen-bond acceptors (Lipinski definition) is 3. The Kier molecular flexibility index (Phi) is 4.69. The Hall–Kier alpha value is -1.79. The minimum atomic E-state index is -1.21. The van der Waals surface area contributed by atoms with Crippen molar-refractivity contribution < 1.29 is 19.4 Å². The number of benzene rings is 1. The maximum absolute atomic E-state index is 11.9. The Balaban J connectivity index is 1.94. The van der Waals surface area contributed by atoms with Crippen LogP contribution in [0.5, 0.6) is 0 Å². The van der Waals surface area contributed by atoms with E-state index < -0.39 is 17.5 Å². The van der Waals surface area contributed by atoms with Gasteiger partial charge in [-0.15, -0.1) is 0 Å². The number of urea groups is 1. The summed E-state index contributed by atoms with van der Waals surface area (Å²) in [6.07, 6.45) is 0.731. The number of carbonyl (C=O) groups excluding carboxylic acids is 1. The fourth-order valence-electron chi connectivity index (χ4n) is 2.52. The van der Waals surface area contributed by atoms with Gasteiger partial charge in [-0.2, -0.15) is 0 Å². The van der Waals surface area contributed by atoms with Crippen LogP contribution in [0.4, 0.5) is 10.5 Å². The van der Waals surface area contributed by atoms with E-state index in [0.29, 0.717) is 30.2 Å². The van der Waals surface area contributed by atoms with Crippen molar-refractivity contribution in [1.29, 1.82) is 0 Å². The number of ether oxygens (including phenoxy) is 1. The number of aliphatic carboxylic acids is 1. The van der Waals surface area contributed by atoms with E-state index in [1.807, 2.05) is 0 Å². The zero-order valence-corrected chi connectivity index (χ0v) is 12.3. The third-order valence-electron chi connectivity index (χ3n) is 3.54. The normalized spacial score (nSPS) is 24.0. The number of carboxylic acid groups (broad SMARTS) is 1. The number of carbonyl (C=O) groups is 2. The molecule has 21 heavy (non-hydrogen) atoms. The van der Waals surface area contributed by atoms with Gasteiger partial charge in [0.15, 0.2) is 0 Å². The van der Waals surface area contributed by atoms with E-state index in [2.05, 4.69) is 10.6 Å². The highest BCUT2D eigenvalue weighted by molar-refractivity contribution is 6.30. The molecule has 0 atom stereocenters. The van der Waals surface area contributed by atoms with E-state index in [-0.39, 0.29) is 5.92 Å². The summed E-state index contributed by atoms with van der Waals surface area (Å²) in [6.45, 7) is 0.496. The first-order valence-corrected chi connectivity index (χ1v) is 6.90. The molecule has 1 aliphatic carbocycles. The minimum absolute atomic E-state index is 0.155. The molecule has 1 saturated carbocycles. The van der Waals surface area contributed by atoms with E-state index in [1.165, 1.54) is 0 Å². The average molecular weight is 313 g/mol. The molecule has 0 saturated heterocycles. The van der Waals surface area contributed by atoms with Crippen molar-refractivity contribution in [3.8, 4) is 0 Å². The van der Waals surface area contributed by atoms with Crippen LogP contribution in [-0.4, -0.2) is 36.4 Å². The molecule has 2 rings (SSSR count). The lowest BCUT2D eigenvalue weighted by molar-refractivity contribution is -0.151. The summed E-state index contributed by atoms with van der Waals surface area (Å²) in [5, 5.41) is 15.0. The van der Waals surface area contributed by atoms with Gasteiger partial charge in [-0.25, -0.2) is 9.59 Å². The molecule has 114 valence electrons. The number of rotatable bonds is 5. The van der Waals surface area contributed by atoms with Crippen LogP contribution in [0.3, 0.4) is 0 Å². The molecule has 0 radical (unpaired) electrons. The maximum Gasteiger partial charge on any atom is 0.329 e. The topological polar surface area (TPSA) is 87.7 Å². The van der Waals surface area contributed by atoms with E-state index in [1.54, 1.807) is 31.4 Å². The van der Waals surface area contributed by atoms with E-state index in [0.717, 1.165) is 0 Å². The summed E-state index contributed by atoms with van der Waals surface area (Å²) in [4.78, 5) is 23.3. The summed E-state index contributed by atoms with van der Waals surface area (Å²) >= 11 is 5.76. The van der Waals surface area contributed by atoms with Crippen LogP contribution >= 0.6 is 11.6 Å². The molecule has 0 heterocycles. The molecular weight excluding hydrogens is 296 g/mol. The second-order valence-electron chi connectivity index (χ2n) is 5.20. The van der Waals surface area contributed by atoms with Crippen LogP contribution in [0.15, 0.2) is 24.3 Å². The zero-order chi connectivity index (χ0) is 15.5. The predicted octanol–water partition coefficient (Wildman–Crippen LogP) is 2.34. The first-order chi connectivity index (χ1) is 9.95. The molecule has 1 aromatic carbocycles. The number of amides is 2. The van der Waals surface area contributed by atoms with Crippen LogP contribution < -0.4 is 10.6 Å². The molecule has 7 heteroatoms. The molecule has 0 spiro atoms. The van der Waals surface area contributed by atoms with Gasteiger partial charge in [0.25, 0.3) is 0 Å². The van der Waals surface area contributed by atoms with Crippen LogP contribution in [0.1, 0.15) is 12.8 Å². The summed E-state index contributed by atoms with van der Waals surface area (Å²) < 4.78 is 5.00. The predicted molar refractivity (Wildman–Crippen MR) is 78.6 cm³/mol. The molecule has 6 nitrogen and oxygen atoms in total. The summed E-state index contributed by atoms with van der Waals surface area (Å²) in [5.74, 6) is -0.872. The second-order valence-corrected chi connectivity index (χ2v) is 5.64. The molecule has 0 aliphatic heterocycles. The lowest BCUT2D eigenvalue weighted by atomic mass is 9.68. The van der Waals surface area contributed by atoms with Gasteiger partial charge in [-0.3, -0.25) is 0 Å². The van der Waals surface area contributed by atoms with Crippen LogP contribution in [0.25, 0.3) is 0 Å². The lowest BCUT2D eigenvalue weighted by Crippen LogP contribution is -2.63. The molecular formula is C14H17ClN2O4. The summed E-state index contributed by atoms with van der Waals surface area (Å²) in [6, 6.07) is 6.02. The molecule has 0 unspecified atom stereocenters.